The number of benzene rings is 1. The van der Waals surface area contributed by atoms with E-state index in [1.165, 1.54) is 0 Å². The molecule has 1 aliphatic heterocycles. The average molecular weight is 251 g/mol. The summed E-state index contributed by atoms with van der Waals surface area (Å²) < 4.78 is 16.0. The molecule has 2 unspecified atom stereocenters. The summed E-state index contributed by atoms with van der Waals surface area (Å²) in [6, 6.07) is 3.95. The molecule has 0 bridgehead atoms. The highest BCUT2D eigenvalue weighted by molar-refractivity contribution is 5.48. The van der Waals surface area contributed by atoms with Crippen LogP contribution >= 0.6 is 0 Å². The summed E-state index contributed by atoms with van der Waals surface area (Å²) >= 11 is 0. The van der Waals surface area contributed by atoms with E-state index in [1.807, 2.05) is 19.1 Å². The van der Waals surface area contributed by atoms with E-state index < -0.39 is 0 Å². The molecular weight excluding hydrogens is 230 g/mol. The quantitative estimate of drug-likeness (QED) is 0.889. The predicted molar refractivity (Wildman–Crippen MR) is 70.1 cm³/mol. The van der Waals surface area contributed by atoms with E-state index in [-0.39, 0.29) is 6.04 Å². The molecule has 4 heteroatoms. The van der Waals surface area contributed by atoms with Crippen molar-refractivity contribution in [3.05, 3.63) is 23.3 Å². The van der Waals surface area contributed by atoms with Crippen LogP contribution in [0.5, 0.6) is 11.5 Å². The number of aryl methyl sites for hydroxylation is 1. The van der Waals surface area contributed by atoms with E-state index in [9.17, 15) is 0 Å². The SMILES string of the molecule is COc1cc(C)c(C(N)C2CCOC2)cc1OC. The van der Waals surface area contributed by atoms with Gasteiger partial charge in [0.2, 0.25) is 0 Å². The van der Waals surface area contributed by atoms with E-state index in [0.29, 0.717) is 5.92 Å². The van der Waals surface area contributed by atoms with Crippen LogP contribution in [-0.2, 0) is 4.74 Å². The first-order valence-electron chi connectivity index (χ1n) is 6.23. The molecule has 1 saturated heterocycles. The molecule has 4 nitrogen and oxygen atoms in total. The highest BCUT2D eigenvalue weighted by atomic mass is 16.5. The molecular formula is C14H21NO3. The molecule has 100 valence electrons. The van der Waals surface area contributed by atoms with Crippen LogP contribution in [0.4, 0.5) is 0 Å². The predicted octanol–water partition coefficient (Wildman–Crippen LogP) is 2.05. The molecule has 0 aromatic heterocycles. The normalized spacial score (nSPS) is 20.8. The monoisotopic (exact) mass is 251 g/mol. The van der Waals surface area contributed by atoms with Gasteiger partial charge in [-0.3, -0.25) is 0 Å². The third-order valence-electron chi connectivity index (χ3n) is 3.60. The van der Waals surface area contributed by atoms with Crippen LogP contribution in [0.15, 0.2) is 12.1 Å². The Kier molecular flexibility index (Phi) is 4.09. The molecule has 2 rings (SSSR count). The third kappa shape index (κ3) is 2.44. The lowest BCUT2D eigenvalue weighted by atomic mass is 9.90. The van der Waals surface area contributed by atoms with Gasteiger partial charge in [0.25, 0.3) is 0 Å². The van der Waals surface area contributed by atoms with Crippen molar-refractivity contribution in [3.63, 3.8) is 0 Å². The standard InChI is InChI=1S/C14H21NO3/c1-9-6-12(16-2)13(17-3)7-11(9)14(15)10-4-5-18-8-10/h6-7,10,14H,4-5,8,15H2,1-3H3. The van der Waals surface area contributed by atoms with Crippen molar-refractivity contribution in [1.82, 2.24) is 0 Å². The van der Waals surface area contributed by atoms with Gasteiger partial charge in [0.1, 0.15) is 0 Å². The van der Waals surface area contributed by atoms with Crippen LogP contribution in [0, 0.1) is 12.8 Å². The molecule has 0 aliphatic carbocycles. The van der Waals surface area contributed by atoms with Gasteiger partial charge in [-0.25, -0.2) is 0 Å². The van der Waals surface area contributed by atoms with E-state index in [2.05, 4.69) is 0 Å². The first kappa shape index (κ1) is 13.2. The summed E-state index contributed by atoms with van der Waals surface area (Å²) in [5.74, 6) is 1.86. The van der Waals surface area contributed by atoms with Gasteiger partial charge < -0.3 is 19.9 Å². The maximum atomic E-state index is 6.34. The minimum absolute atomic E-state index is 0.00712. The highest BCUT2D eigenvalue weighted by Crippen LogP contribution is 2.35. The second-order valence-electron chi connectivity index (χ2n) is 4.71. The van der Waals surface area contributed by atoms with Crippen molar-refractivity contribution in [1.29, 1.82) is 0 Å². The fourth-order valence-electron chi connectivity index (χ4n) is 2.45. The first-order chi connectivity index (χ1) is 8.67. The maximum absolute atomic E-state index is 6.34. The van der Waals surface area contributed by atoms with Gasteiger partial charge >= 0.3 is 0 Å². The number of nitrogens with two attached hydrogens (primary N) is 1. The number of hydrogen-bond donors (Lipinski definition) is 1. The van der Waals surface area contributed by atoms with Crippen LogP contribution in [0.1, 0.15) is 23.6 Å². The van der Waals surface area contributed by atoms with E-state index in [1.54, 1.807) is 14.2 Å². The molecule has 1 aliphatic rings. The van der Waals surface area contributed by atoms with Crippen molar-refractivity contribution in [2.45, 2.75) is 19.4 Å². The third-order valence-corrected chi connectivity index (χ3v) is 3.60. The van der Waals surface area contributed by atoms with Gasteiger partial charge in [0.15, 0.2) is 11.5 Å². The fourth-order valence-corrected chi connectivity index (χ4v) is 2.45. The zero-order chi connectivity index (χ0) is 13.1. The topological polar surface area (TPSA) is 53.7 Å². The summed E-state index contributed by atoms with van der Waals surface area (Å²) in [6.07, 6.45) is 1.02. The van der Waals surface area contributed by atoms with Crippen LogP contribution in [0.25, 0.3) is 0 Å². The van der Waals surface area contributed by atoms with Crippen LogP contribution < -0.4 is 15.2 Å². The molecule has 0 saturated carbocycles. The van der Waals surface area contributed by atoms with Crippen molar-refractivity contribution >= 4 is 0 Å². The molecule has 2 atom stereocenters. The summed E-state index contributed by atoms with van der Waals surface area (Å²) in [5.41, 5.74) is 8.59. The second kappa shape index (κ2) is 5.59. The number of ether oxygens (including phenoxy) is 3. The lowest BCUT2D eigenvalue weighted by molar-refractivity contribution is 0.181. The Hall–Kier alpha value is -1.26. The Bertz CT molecular complexity index is 414. The van der Waals surface area contributed by atoms with Gasteiger partial charge in [-0.2, -0.15) is 0 Å². The molecule has 1 aromatic rings. The molecule has 2 N–H and O–H groups in total. The molecule has 0 spiro atoms. The van der Waals surface area contributed by atoms with Crippen LogP contribution in [0.3, 0.4) is 0 Å². The van der Waals surface area contributed by atoms with E-state index >= 15 is 0 Å². The van der Waals surface area contributed by atoms with Gasteiger partial charge in [0, 0.05) is 18.6 Å². The molecule has 0 amide bonds. The molecule has 1 aromatic carbocycles. The van der Waals surface area contributed by atoms with Crippen molar-refractivity contribution < 1.29 is 14.2 Å². The van der Waals surface area contributed by atoms with Crippen molar-refractivity contribution in [2.75, 3.05) is 27.4 Å². The first-order valence-corrected chi connectivity index (χ1v) is 6.23. The lowest BCUT2D eigenvalue weighted by Crippen LogP contribution is -2.22. The molecule has 1 heterocycles. The van der Waals surface area contributed by atoms with Crippen molar-refractivity contribution in [3.8, 4) is 11.5 Å². The lowest BCUT2D eigenvalue weighted by Gasteiger charge is -2.21. The number of hydrogen-bond acceptors (Lipinski definition) is 4. The van der Waals surface area contributed by atoms with Crippen LogP contribution in [0.2, 0.25) is 0 Å². The molecule has 1 fully saturated rings. The summed E-state index contributed by atoms with van der Waals surface area (Å²) in [4.78, 5) is 0. The summed E-state index contributed by atoms with van der Waals surface area (Å²) in [6.45, 7) is 3.60. The Labute approximate surface area is 108 Å². The second-order valence-corrected chi connectivity index (χ2v) is 4.71. The Morgan fingerprint density at radius 2 is 1.94 bits per heavy atom. The number of methoxy groups -OCH3 is 2. The smallest absolute Gasteiger partial charge is 0.161 e. The highest BCUT2D eigenvalue weighted by Gasteiger charge is 2.26. The van der Waals surface area contributed by atoms with Gasteiger partial charge in [-0.1, -0.05) is 0 Å². The average Bonchev–Trinajstić information content (AvgIpc) is 2.91. The Balaban J connectivity index is 2.31. The molecule has 0 radical (unpaired) electrons. The van der Waals surface area contributed by atoms with Crippen molar-refractivity contribution in [2.24, 2.45) is 11.7 Å². The summed E-state index contributed by atoms with van der Waals surface area (Å²) in [7, 11) is 3.28. The Morgan fingerprint density at radius 1 is 1.28 bits per heavy atom. The zero-order valence-electron chi connectivity index (χ0n) is 11.2. The largest absolute Gasteiger partial charge is 0.493 e. The number of rotatable bonds is 4. The fraction of sp³-hybridized carbons (Fsp3) is 0.571. The summed E-state index contributed by atoms with van der Waals surface area (Å²) in [5, 5.41) is 0. The maximum Gasteiger partial charge on any atom is 0.161 e. The zero-order valence-corrected chi connectivity index (χ0v) is 11.2. The minimum Gasteiger partial charge on any atom is -0.493 e. The van der Waals surface area contributed by atoms with Crippen LogP contribution in [-0.4, -0.2) is 27.4 Å². The van der Waals surface area contributed by atoms with Gasteiger partial charge in [0.05, 0.1) is 20.8 Å². The van der Waals surface area contributed by atoms with Gasteiger partial charge in [-0.15, -0.1) is 0 Å². The van der Waals surface area contributed by atoms with E-state index in [0.717, 1.165) is 42.3 Å². The Morgan fingerprint density at radius 3 is 2.50 bits per heavy atom. The van der Waals surface area contributed by atoms with Gasteiger partial charge in [-0.05, 0) is 36.6 Å². The van der Waals surface area contributed by atoms with E-state index in [4.69, 9.17) is 19.9 Å². The minimum atomic E-state index is -0.00712. The molecule has 18 heavy (non-hydrogen) atoms.